The third kappa shape index (κ3) is 3.94. The summed E-state index contributed by atoms with van der Waals surface area (Å²) in [6.45, 7) is 0. The van der Waals surface area contributed by atoms with E-state index in [4.69, 9.17) is 0 Å². The summed E-state index contributed by atoms with van der Waals surface area (Å²) in [5, 5.41) is 9.52. The maximum Gasteiger partial charge on any atom is 0.316 e. The number of hydrogen-bond acceptors (Lipinski definition) is 8. The lowest BCUT2D eigenvalue weighted by Crippen LogP contribution is -2.05. The van der Waals surface area contributed by atoms with E-state index in [1.54, 1.807) is 18.5 Å². The van der Waals surface area contributed by atoms with Gasteiger partial charge in [-0.15, -0.1) is 10.2 Å². The molecule has 0 bridgehead atoms. The van der Waals surface area contributed by atoms with E-state index in [1.165, 1.54) is 30.6 Å². The van der Waals surface area contributed by atoms with Crippen molar-refractivity contribution in [3.63, 3.8) is 0 Å². The second-order valence-electron chi connectivity index (χ2n) is 3.64. The predicted octanol–water partition coefficient (Wildman–Crippen LogP) is 1.16. The van der Waals surface area contributed by atoms with Crippen LogP contribution in [0.25, 0.3) is 0 Å². The van der Waals surface area contributed by atoms with E-state index in [2.05, 4.69) is 24.9 Å². The molecule has 0 aliphatic carbocycles. The minimum absolute atomic E-state index is 0.220. The number of carbonyl (C=O) groups is 1. The molecule has 0 saturated carbocycles. The minimum atomic E-state index is -0.286. The van der Waals surface area contributed by atoms with Crippen LogP contribution in [-0.4, -0.2) is 43.6 Å². The highest BCUT2D eigenvalue weighted by Gasteiger charge is 2.12. The zero-order chi connectivity index (χ0) is 14.4. The van der Waals surface area contributed by atoms with Gasteiger partial charge in [0.1, 0.15) is 5.82 Å². The number of carbonyl (C=O) groups excluding carboxylic acids is 1. The van der Waals surface area contributed by atoms with Crippen molar-refractivity contribution >= 4 is 29.5 Å². The summed E-state index contributed by atoms with van der Waals surface area (Å²) >= 11 is 2.78. The Morgan fingerprint density at radius 2 is 2.05 bits per heavy atom. The Bertz CT molecular complexity index is 575. The Kier molecular flexibility index (Phi) is 5.36. The molecule has 0 aliphatic heterocycles. The van der Waals surface area contributed by atoms with Crippen molar-refractivity contribution in [1.29, 1.82) is 0 Å². The molecule has 0 atom stereocenters. The molecule has 2 aromatic heterocycles. The number of thioether (sulfide) groups is 2. The molecule has 2 rings (SSSR count). The second kappa shape index (κ2) is 7.25. The molecule has 0 spiro atoms. The van der Waals surface area contributed by atoms with Crippen molar-refractivity contribution < 1.29 is 9.53 Å². The molecule has 2 aromatic rings. The van der Waals surface area contributed by atoms with Crippen LogP contribution in [-0.2, 0) is 22.3 Å². The van der Waals surface area contributed by atoms with Crippen LogP contribution in [0.4, 0.5) is 0 Å². The summed E-state index contributed by atoms with van der Waals surface area (Å²) < 4.78 is 6.44. The molecule has 0 saturated heterocycles. The van der Waals surface area contributed by atoms with Crippen LogP contribution in [0.2, 0.25) is 0 Å². The Hall–Kier alpha value is -1.61. The highest BCUT2D eigenvalue weighted by Crippen LogP contribution is 2.20. The maximum atomic E-state index is 11.1. The number of rotatable bonds is 6. The molecule has 0 N–H and O–H groups in total. The van der Waals surface area contributed by atoms with Crippen LogP contribution >= 0.6 is 23.5 Å². The van der Waals surface area contributed by atoms with Gasteiger partial charge in [-0.05, 0) is 6.07 Å². The summed E-state index contributed by atoms with van der Waals surface area (Å²) in [6.07, 6.45) is 3.40. The van der Waals surface area contributed by atoms with Gasteiger partial charge >= 0.3 is 5.97 Å². The number of esters is 1. The van der Waals surface area contributed by atoms with Gasteiger partial charge in [0.05, 0.1) is 18.6 Å². The lowest BCUT2D eigenvalue weighted by Gasteiger charge is -2.02. The largest absolute Gasteiger partial charge is 0.468 e. The molecule has 2 heterocycles. The topological polar surface area (TPSA) is 82.8 Å². The van der Waals surface area contributed by atoms with Crippen LogP contribution < -0.4 is 0 Å². The second-order valence-corrected chi connectivity index (χ2v) is 5.53. The zero-order valence-electron chi connectivity index (χ0n) is 11.0. The van der Waals surface area contributed by atoms with Gasteiger partial charge in [0.25, 0.3) is 0 Å². The van der Waals surface area contributed by atoms with E-state index in [-0.39, 0.29) is 11.7 Å². The molecule has 9 heteroatoms. The summed E-state index contributed by atoms with van der Waals surface area (Å²) in [7, 11) is 3.23. The number of nitrogens with zero attached hydrogens (tertiary/aromatic N) is 5. The van der Waals surface area contributed by atoms with E-state index < -0.39 is 0 Å². The van der Waals surface area contributed by atoms with Crippen LogP contribution in [0.1, 0.15) is 5.82 Å². The van der Waals surface area contributed by atoms with Gasteiger partial charge in [-0.3, -0.25) is 4.79 Å². The molecule has 7 nitrogen and oxygen atoms in total. The predicted molar refractivity (Wildman–Crippen MR) is 75.3 cm³/mol. The molecule has 20 heavy (non-hydrogen) atoms. The highest BCUT2D eigenvalue weighted by atomic mass is 32.2. The van der Waals surface area contributed by atoms with E-state index in [0.29, 0.717) is 16.1 Å². The third-order valence-electron chi connectivity index (χ3n) is 2.34. The minimum Gasteiger partial charge on any atom is -0.468 e. The van der Waals surface area contributed by atoms with Gasteiger partial charge in [-0.1, -0.05) is 23.5 Å². The SMILES string of the molecule is COC(=O)CSc1nnc(CSc2ncccn2)n1C. The Morgan fingerprint density at radius 1 is 1.30 bits per heavy atom. The third-order valence-corrected chi connectivity index (χ3v) is 4.21. The monoisotopic (exact) mass is 311 g/mol. The fraction of sp³-hybridized carbons (Fsp3) is 0.364. The van der Waals surface area contributed by atoms with Crippen LogP contribution in [0.15, 0.2) is 28.8 Å². The Labute approximate surface area is 124 Å². The molecule has 0 unspecified atom stereocenters. The molecular formula is C11H13N5O2S2. The van der Waals surface area contributed by atoms with Gasteiger partial charge in [-0.2, -0.15) is 0 Å². The average molecular weight is 311 g/mol. The summed E-state index contributed by atoms with van der Waals surface area (Å²) in [5.41, 5.74) is 0. The standard InChI is InChI=1S/C11H13N5O2S2/c1-16-8(6-19-10-12-4-3-5-13-10)14-15-11(16)20-7-9(17)18-2/h3-5H,6-7H2,1-2H3. The normalized spacial score (nSPS) is 10.5. The first-order valence-electron chi connectivity index (χ1n) is 5.68. The number of ether oxygens (including phenoxy) is 1. The van der Waals surface area contributed by atoms with Crippen molar-refractivity contribution in [2.24, 2.45) is 7.05 Å². The van der Waals surface area contributed by atoms with Crippen molar-refractivity contribution in [2.45, 2.75) is 16.1 Å². The van der Waals surface area contributed by atoms with Gasteiger partial charge in [0.15, 0.2) is 10.3 Å². The Balaban J connectivity index is 1.93. The van der Waals surface area contributed by atoms with Crippen molar-refractivity contribution in [1.82, 2.24) is 24.7 Å². The average Bonchev–Trinajstić information content (AvgIpc) is 2.84. The first kappa shape index (κ1) is 14.8. The first-order chi connectivity index (χ1) is 9.70. The van der Waals surface area contributed by atoms with Gasteiger partial charge in [0.2, 0.25) is 0 Å². The van der Waals surface area contributed by atoms with E-state index in [9.17, 15) is 4.79 Å². The molecule has 0 aromatic carbocycles. The lowest BCUT2D eigenvalue weighted by atomic mass is 10.7. The Morgan fingerprint density at radius 3 is 2.75 bits per heavy atom. The van der Waals surface area contributed by atoms with Gasteiger partial charge in [0, 0.05) is 19.4 Å². The lowest BCUT2D eigenvalue weighted by molar-refractivity contribution is -0.137. The highest BCUT2D eigenvalue weighted by molar-refractivity contribution is 7.99. The van der Waals surface area contributed by atoms with Crippen molar-refractivity contribution in [3.05, 3.63) is 24.3 Å². The van der Waals surface area contributed by atoms with Crippen molar-refractivity contribution in [2.75, 3.05) is 12.9 Å². The van der Waals surface area contributed by atoms with Crippen molar-refractivity contribution in [3.8, 4) is 0 Å². The molecule has 106 valence electrons. The van der Waals surface area contributed by atoms with E-state index in [1.807, 2.05) is 11.6 Å². The fourth-order valence-corrected chi connectivity index (χ4v) is 2.81. The molecular weight excluding hydrogens is 298 g/mol. The maximum absolute atomic E-state index is 11.1. The number of methoxy groups -OCH3 is 1. The van der Waals surface area contributed by atoms with Crippen LogP contribution in [0, 0.1) is 0 Å². The van der Waals surface area contributed by atoms with Gasteiger partial charge < -0.3 is 9.30 Å². The van der Waals surface area contributed by atoms with Crippen LogP contribution in [0.3, 0.4) is 0 Å². The summed E-state index contributed by atoms with van der Waals surface area (Å²) in [6, 6.07) is 1.77. The smallest absolute Gasteiger partial charge is 0.316 e. The van der Waals surface area contributed by atoms with Gasteiger partial charge in [-0.25, -0.2) is 9.97 Å². The van der Waals surface area contributed by atoms with E-state index in [0.717, 1.165) is 5.82 Å². The van der Waals surface area contributed by atoms with E-state index >= 15 is 0 Å². The quantitative estimate of drug-likeness (QED) is 0.446. The number of aromatic nitrogens is 5. The molecule has 0 aliphatic rings. The zero-order valence-corrected chi connectivity index (χ0v) is 12.6. The fourth-order valence-electron chi connectivity index (χ4n) is 1.27. The summed E-state index contributed by atoms with van der Waals surface area (Å²) in [4.78, 5) is 19.4. The molecule has 0 radical (unpaired) electrons. The van der Waals surface area contributed by atoms with Crippen LogP contribution in [0.5, 0.6) is 0 Å². The number of hydrogen-bond donors (Lipinski definition) is 0. The molecule has 0 amide bonds. The summed E-state index contributed by atoms with van der Waals surface area (Å²) in [5.74, 6) is 1.35. The molecule has 0 fully saturated rings. The first-order valence-corrected chi connectivity index (χ1v) is 7.65.